The van der Waals surface area contributed by atoms with E-state index in [0.717, 1.165) is 23.3 Å². The zero-order valence-corrected chi connectivity index (χ0v) is 8.55. The molecule has 0 N–H and O–H groups in total. The molecule has 0 aliphatic heterocycles. The Kier molecular flexibility index (Phi) is 3.13. The summed E-state index contributed by atoms with van der Waals surface area (Å²) < 4.78 is 5.25. The van der Waals surface area contributed by atoms with Gasteiger partial charge in [0.25, 0.3) is 0 Å². The maximum Gasteiger partial charge on any atom is 0.126 e. The number of rotatable bonds is 3. The van der Waals surface area contributed by atoms with Crippen LogP contribution in [0, 0.1) is 0 Å². The second kappa shape index (κ2) is 4.13. The van der Waals surface area contributed by atoms with E-state index >= 15 is 0 Å². The fraction of sp³-hybridized carbons (Fsp3) is 0.333. The summed E-state index contributed by atoms with van der Waals surface area (Å²) in [5.41, 5.74) is 3.48. The van der Waals surface area contributed by atoms with Gasteiger partial charge >= 0.3 is 0 Å². The lowest BCUT2D eigenvalue weighted by Crippen LogP contribution is -1.91. The topological polar surface area (TPSA) is 9.23 Å². The predicted molar refractivity (Wildman–Crippen MR) is 57.1 cm³/mol. The van der Waals surface area contributed by atoms with E-state index in [-0.39, 0.29) is 0 Å². The first-order valence-electron chi connectivity index (χ1n) is 4.51. The molecule has 13 heavy (non-hydrogen) atoms. The molecule has 0 aliphatic carbocycles. The highest BCUT2D eigenvalue weighted by Crippen LogP contribution is 2.25. The van der Waals surface area contributed by atoms with Crippen molar-refractivity contribution in [3.63, 3.8) is 0 Å². The quantitative estimate of drug-likeness (QED) is 0.686. The Hall–Kier alpha value is -1.24. The third-order valence-electron chi connectivity index (χ3n) is 2.13. The molecule has 1 aromatic carbocycles. The number of aryl methyl sites for hydroxylation is 1. The smallest absolute Gasteiger partial charge is 0.126 e. The zero-order valence-electron chi connectivity index (χ0n) is 8.55. The Morgan fingerprint density at radius 3 is 2.62 bits per heavy atom. The largest absolute Gasteiger partial charge is 0.496 e. The van der Waals surface area contributed by atoms with Gasteiger partial charge < -0.3 is 4.74 Å². The molecule has 0 heterocycles. The highest BCUT2D eigenvalue weighted by Gasteiger charge is 2.03. The Bertz CT molecular complexity index is 313. The summed E-state index contributed by atoms with van der Waals surface area (Å²) in [5.74, 6) is 0.907. The van der Waals surface area contributed by atoms with Crippen molar-refractivity contribution in [3.05, 3.63) is 35.9 Å². The van der Waals surface area contributed by atoms with Crippen molar-refractivity contribution in [3.8, 4) is 5.75 Å². The highest BCUT2D eigenvalue weighted by atomic mass is 16.5. The fourth-order valence-electron chi connectivity index (χ4n) is 1.31. The molecular weight excluding hydrogens is 160 g/mol. The molecule has 0 atom stereocenters. The normalized spacial score (nSPS) is 9.77. The maximum atomic E-state index is 5.25. The molecule has 0 spiro atoms. The van der Waals surface area contributed by atoms with E-state index in [2.05, 4.69) is 25.6 Å². The van der Waals surface area contributed by atoms with Crippen LogP contribution in [0.15, 0.2) is 24.8 Å². The number of allylic oxidation sites excluding steroid dienone is 1. The third-order valence-corrected chi connectivity index (χ3v) is 2.13. The van der Waals surface area contributed by atoms with E-state index in [0.29, 0.717) is 0 Å². The van der Waals surface area contributed by atoms with Gasteiger partial charge in [-0.3, -0.25) is 0 Å². The van der Waals surface area contributed by atoms with Gasteiger partial charge in [-0.1, -0.05) is 19.6 Å². The van der Waals surface area contributed by atoms with Crippen LogP contribution < -0.4 is 4.74 Å². The van der Waals surface area contributed by atoms with Crippen LogP contribution in [0.1, 0.15) is 25.0 Å². The van der Waals surface area contributed by atoms with E-state index in [1.807, 2.05) is 13.0 Å². The molecule has 70 valence electrons. The Balaban J connectivity index is 3.18. The minimum absolute atomic E-state index is 0.907. The third kappa shape index (κ3) is 2.11. The monoisotopic (exact) mass is 176 g/mol. The van der Waals surface area contributed by atoms with Crippen LogP contribution >= 0.6 is 0 Å². The molecule has 1 rings (SSSR count). The molecule has 0 unspecified atom stereocenters. The number of methoxy groups -OCH3 is 1. The number of hydrogen-bond donors (Lipinski definition) is 0. The summed E-state index contributed by atoms with van der Waals surface area (Å²) in [6, 6.07) is 6.23. The molecule has 0 amide bonds. The van der Waals surface area contributed by atoms with Crippen molar-refractivity contribution in [1.82, 2.24) is 0 Å². The summed E-state index contributed by atoms with van der Waals surface area (Å²) in [5, 5.41) is 0. The van der Waals surface area contributed by atoms with Crippen molar-refractivity contribution in [1.29, 1.82) is 0 Å². The molecule has 0 saturated heterocycles. The van der Waals surface area contributed by atoms with Gasteiger partial charge in [-0.15, -0.1) is 0 Å². The van der Waals surface area contributed by atoms with E-state index < -0.39 is 0 Å². The van der Waals surface area contributed by atoms with Crippen LogP contribution in [0.5, 0.6) is 5.75 Å². The van der Waals surface area contributed by atoms with Gasteiger partial charge in [0, 0.05) is 5.56 Å². The Labute approximate surface area is 80.0 Å². The maximum absolute atomic E-state index is 5.25. The lowest BCUT2D eigenvalue weighted by molar-refractivity contribution is 0.413. The van der Waals surface area contributed by atoms with Crippen LogP contribution in [-0.2, 0) is 6.42 Å². The minimum Gasteiger partial charge on any atom is -0.496 e. The van der Waals surface area contributed by atoms with Crippen molar-refractivity contribution >= 4 is 5.57 Å². The lowest BCUT2D eigenvalue weighted by Gasteiger charge is -2.09. The highest BCUT2D eigenvalue weighted by molar-refractivity contribution is 5.67. The summed E-state index contributed by atoms with van der Waals surface area (Å²) >= 11 is 0. The van der Waals surface area contributed by atoms with Gasteiger partial charge in [0.15, 0.2) is 0 Å². The molecule has 0 aliphatic rings. The number of ether oxygens (including phenoxy) is 1. The first-order valence-corrected chi connectivity index (χ1v) is 4.51. The summed E-state index contributed by atoms with van der Waals surface area (Å²) in [6.07, 6.45) is 1.05. The average Bonchev–Trinajstić information content (AvgIpc) is 2.16. The number of benzene rings is 1. The van der Waals surface area contributed by atoms with Gasteiger partial charge in [0.05, 0.1) is 7.11 Å². The summed E-state index contributed by atoms with van der Waals surface area (Å²) in [6.45, 7) is 8.07. The molecule has 0 bridgehead atoms. The van der Waals surface area contributed by atoms with E-state index in [9.17, 15) is 0 Å². The zero-order chi connectivity index (χ0) is 9.84. The first kappa shape index (κ1) is 9.85. The fourth-order valence-corrected chi connectivity index (χ4v) is 1.31. The van der Waals surface area contributed by atoms with E-state index in [4.69, 9.17) is 4.74 Å². The molecule has 1 heteroatoms. The van der Waals surface area contributed by atoms with Crippen LogP contribution in [0.4, 0.5) is 0 Å². The van der Waals surface area contributed by atoms with Crippen molar-refractivity contribution in [2.24, 2.45) is 0 Å². The van der Waals surface area contributed by atoms with Gasteiger partial charge in [-0.05, 0) is 36.6 Å². The number of hydrogen-bond acceptors (Lipinski definition) is 1. The predicted octanol–water partition coefficient (Wildman–Crippen LogP) is 3.29. The average molecular weight is 176 g/mol. The summed E-state index contributed by atoms with van der Waals surface area (Å²) in [7, 11) is 1.69. The Morgan fingerprint density at radius 2 is 2.15 bits per heavy atom. The lowest BCUT2D eigenvalue weighted by atomic mass is 10.0. The van der Waals surface area contributed by atoms with Gasteiger partial charge in [-0.25, -0.2) is 0 Å². The second-order valence-electron chi connectivity index (χ2n) is 3.17. The van der Waals surface area contributed by atoms with E-state index in [1.54, 1.807) is 7.11 Å². The van der Waals surface area contributed by atoms with Crippen molar-refractivity contribution < 1.29 is 4.74 Å². The minimum atomic E-state index is 0.907. The Morgan fingerprint density at radius 1 is 1.46 bits per heavy atom. The first-order chi connectivity index (χ1) is 6.19. The molecule has 1 aromatic rings. The van der Waals surface area contributed by atoms with E-state index in [1.165, 1.54) is 5.56 Å². The van der Waals surface area contributed by atoms with Gasteiger partial charge in [0.1, 0.15) is 5.75 Å². The van der Waals surface area contributed by atoms with Crippen molar-refractivity contribution in [2.75, 3.05) is 7.11 Å². The molecule has 1 nitrogen and oxygen atoms in total. The van der Waals surface area contributed by atoms with Gasteiger partial charge in [0.2, 0.25) is 0 Å². The molecule has 0 radical (unpaired) electrons. The standard InChI is InChI=1S/C12H16O/c1-5-10-6-7-12(13-4)11(8-10)9(2)3/h6-8H,2,5H2,1,3-4H3. The molecule has 0 fully saturated rings. The second-order valence-corrected chi connectivity index (χ2v) is 3.17. The van der Waals surface area contributed by atoms with Gasteiger partial charge in [-0.2, -0.15) is 0 Å². The van der Waals surface area contributed by atoms with Crippen LogP contribution in [0.25, 0.3) is 5.57 Å². The molecule has 0 aromatic heterocycles. The summed E-state index contributed by atoms with van der Waals surface area (Å²) in [4.78, 5) is 0. The molecule has 0 saturated carbocycles. The molecular formula is C12H16O. The van der Waals surface area contributed by atoms with Crippen molar-refractivity contribution in [2.45, 2.75) is 20.3 Å². The van der Waals surface area contributed by atoms with Crippen LogP contribution in [-0.4, -0.2) is 7.11 Å². The SMILES string of the molecule is C=C(C)c1cc(CC)ccc1OC. The van der Waals surface area contributed by atoms with Crippen LogP contribution in [0.3, 0.4) is 0 Å². The van der Waals surface area contributed by atoms with Crippen LogP contribution in [0.2, 0.25) is 0 Å².